The van der Waals surface area contributed by atoms with Crippen LogP contribution in [0.3, 0.4) is 0 Å². The fourth-order valence-electron chi connectivity index (χ4n) is 1.15. The van der Waals surface area contributed by atoms with Crippen LogP contribution in [0.1, 0.15) is 10.4 Å². The van der Waals surface area contributed by atoms with Crippen LogP contribution in [0.15, 0.2) is 18.5 Å². The van der Waals surface area contributed by atoms with E-state index in [1.54, 1.807) is 0 Å². The molecule has 0 saturated heterocycles. The second-order valence-corrected chi connectivity index (χ2v) is 2.84. The molecule has 0 aliphatic carbocycles. The third kappa shape index (κ3) is 1.60. The number of carboxylic acids is 1. The number of nitrogens with zero attached hydrogens (tertiary/aromatic N) is 4. The lowest BCUT2D eigenvalue weighted by molar-refractivity contribution is 0.0691. The van der Waals surface area contributed by atoms with Crippen molar-refractivity contribution in [3.63, 3.8) is 0 Å². The van der Waals surface area contributed by atoms with Gasteiger partial charge in [-0.3, -0.25) is 0 Å². The monoisotopic (exact) mass is 226 g/mol. The van der Waals surface area contributed by atoms with E-state index < -0.39 is 23.2 Å². The summed E-state index contributed by atoms with van der Waals surface area (Å²) in [6.45, 7) is 0. The summed E-state index contributed by atoms with van der Waals surface area (Å²) in [5, 5.41) is 18.6. The van der Waals surface area contributed by atoms with Crippen molar-refractivity contribution in [2.45, 2.75) is 0 Å². The number of tetrazole rings is 1. The van der Waals surface area contributed by atoms with Gasteiger partial charge in [-0.1, -0.05) is 0 Å². The molecule has 0 aliphatic rings. The molecule has 1 aromatic carbocycles. The van der Waals surface area contributed by atoms with Crippen LogP contribution in [0.5, 0.6) is 0 Å². The number of hydrogen-bond donors (Lipinski definition) is 1. The lowest BCUT2D eigenvalue weighted by Gasteiger charge is -2.04. The van der Waals surface area contributed by atoms with Crippen molar-refractivity contribution in [1.29, 1.82) is 0 Å². The predicted molar refractivity (Wildman–Crippen MR) is 46.0 cm³/mol. The number of carboxylic acid groups (broad SMARTS) is 1. The fourth-order valence-corrected chi connectivity index (χ4v) is 1.15. The van der Waals surface area contributed by atoms with E-state index >= 15 is 0 Å². The molecular weight excluding hydrogens is 222 g/mol. The van der Waals surface area contributed by atoms with Gasteiger partial charge in [0.25, 0.3) is 0 Å². The molecule has 0 fully saturated rings. The highest BCUT2D eigenvalue weighted by atomic mass is 19.1. The van der Waals surface area contributed by atoms with Crippen LogP contribution in [-0.4, -0.2) is 31.3 Å². The molecule has 1 aromatic heterocycles. The van der Waals surface area contributed by atoms with Crippen molar-refractivity contribution in [2.75, 3.05) is 0 Å². The van der Waals surface area contributed by atoms with Crippen molar-refractivity contribution < 1.29 is 18.7 Å². The SMILES string of the molecule is O=C(O)c1cc(-n2cnnn2)c(F)cc1F. The molecule has 0 unspecified atom stereocenters. The Morgan fingerprint density at radius 2 is 2.06 bits per heavy atom. The van der Waals surface area contributed by atoms with Gasteiger partial charge in [-0.2, -0.15) is 4.68 Å². The molecule has 0 spiro atoms. The molecule has 0 radical (unpaired) electrons. The normalized spacial score (nSPS) is 10.4. The topological polar surface area (TPSA) is 80.9 Å². The summed E-state index contributed by atoms with van der Waals surface area (Å²) in [6, 6.07) is 1.30. The van der Waals surface area contributed by atoms with Crippen LogP contribution in [0.4, 0.5) is 8.78 Å². The molecule has 0 bridgehead atoms. The first-order valence-electron chi connectivity index (χ1n) is 4.05. The van der Waals surface area contributed by atoms with E-state index in [4.69, 9.17) is 5.11 Å². The second-order valence-electron chi connectivity index (χ2n) is 2.84. The quantitative estimate of drug-likeness (QED) is 0.812. The lowest BCUT2D eigenvalue weighted by Crippen LogP contribution is -2.06. The molecule has 6 nitrogen and oxygen atoms in total. The highest BCUT2D eigenvalue weighted by Crippen LogP contribution is 2.17. The minimum atomic E-state index is -1.49. The maximum absolute atomic E-state index is 13.3. The number of aromatic carboxylic acids is 1. The molecule has 1 N–H and O–H groups in total. The third-order valence-electron chi connectivity index (χ3n) is 1.86. The summed E-state index contributed by atoms with van der Waals surface area (Å²) in [7, 11) is 0. The molecule has 16 heavy (non-hydrogen) atoms. The lowest BCUT2D eigenvalue weighted by atomic mass is 10.2. The van der Waals surface area contributed by atoms with E-state index in [1.807, 2.05) is 0 Å². The van der Waals surface area contributed by atoms with Crippen molar-refractivity contribution in [3.8, 4) is 5.69 Å². The highest BCUT2D eigenvalue weighted by molar-refractivity contribution is 5.88. The zero-order valence-corrected chi connectivity index (χ0v) is 7.63. The van der Waals surface area contributed by atoms with Crippen LogP contribution >= 0.6 is 0 Å². The average Bonchev–Trinajstić information content (AvgIpc) is 2.70. The molecule has 82 valence electrons. The van der Waals surface area contributed by atoms with E-state index in [2.05, 4.69) is 15.5 Å². The summed E-state index contributed by atoms with van der Waals surface area (Å²) >= 11 is 0. The van der Waals surface area contributed by atoms with Crippen molar-refractivity contribution in [3.05, 3.63) is 35.7 Å². The molecule has 0 atom stereocenters. The van der Waals surface area contributed by atoms with Crippen LogP contribution in [-0.2, 0) is 0 Å². The summed E-state index contributed by atoms with van der Waals surface area (Å²) in [5.74, 6) is -3.59. The van der Waals surface area contributed by atoms with Crippen LogP contribution in [0, 0.1) is 11.6 Å². The van der Waals surface area contributed by atoms with Crippen molar-refractivity contribution in [1.82, 2.24) is 20.2 Å². The molecular formula is C8H4F2N4O2. The molecule has 0 amide bonds. The predicted octanol–water partition coefficient (Wildman–Crippen LogP) is 0.639. The third-order valence-corrected chi connectivity index (χ3v) is 1.86. The number of carbonyl (C=O) groups is 1. The molecule has 2 rings (SSSR count). The molecule has 2 aromatic rings. The Balaban J connectivity index is 2.63. The summed E-state index contributed by atoms with van der Waals surface area (Å²) < 4.78 is 27.3. The first-order valence-corrected chi connectivity index (χ1v) is 4.05. The highest BCUT2D eigenvalue weighted by Gasteiger charge is 2.16. The van der Waals surface area contributed by atoms with E-state index in [0.29, 0.717) is 6.07 Å². The first-order chi connectivity index (χ1) is 7.59. The zero-order valence-electron chi connectivity index (χ0n) is 7.63. The Hall–Kier alpha value is -2.38. The standard InChI is InChI=1S/C8H4F2N4O2/c9-5-2-6(10)7(1-4(5)8(15)16)14-3-11-12-13-14/h1-3H,(H,15,16). The number of rotatable bonds is 2. The maximum atomic E-state index is 13.3. The van der Waals surface area contributed by atoms with E-state index in [-0.39, 0.29) is 5.69 Å². The van der Waals surface area contributed by atoms with Gasteiger partial charge in [0.15, 0.2) is 5.82 Å². The Labute approximate surface area is 87.1 Å². The van der Waals surface area contributed by atoms with Gasteiger partial charge < -0.3 is 5.11 Å². The summed E-state index contributed by atoms with van der Waals surface area (Å²) in [6.07, 6.45) is 1.07. The maximum Gasteiger partial charge on any atom is 0.338 e. The summed E-state index contributed by atoms with van der Waals surface area (Å²) in [4.78, 5) is 10.6. The van der Waals surface area contributed by atoms with Gasteiger partial charge in [0.1, 0.15) is 17.8 Å². The Bertz CT molecular complexity index is 541. The van der Waals surface area contributed by atoms with E-state index in [9.17, 15) is 13.6 Å². The van der Waals surface area contributed by atoms with Crippen molar-refractivity contribution in [2.24, 2.45) is 0 Å². The van der Waals surface area contributed by atoms with Gasteiger partial charge in [-0.15, -0.1) is 5.10 Å². The number of benzene rings is 1. The van der Waals surface area contributed by atoms with Gasteiger partial charge in [-0.25, -0.2) is 13.6 Å². The summed E-state index contributed by atoms with van der Waals surface area (Å²) in [5.41, 5.74) is -0.879. The van der Waals surface area contributed by atoms with Gasteiger partial charge in [0.05, 0.1) is 5.56 Å². The Morgan fingerprint density at radius 1 is 1.31 bits per heavy atom. The van der Waals surface area contributed by atoms with Crippen LogP contribution in [0.2, 0.25) is 0 Å². The number of hydrogen-bond acceptors (Lipinski definition) is 4. The van der Waals surface area contributed by atoms with Gasteiger partial charge in [0.2, 0.25) is 0 Å². The molecule has 8 heteroatoms. The molecule has 1 heterocycles. The number of halogens is 2. The smallest absolute Gasteiger partial charge is 0.338 e. The number of aromatic nitrogens is 4. The Morgan fingerprint density at radius 3 is 2.62 bits per heavy atom. The van der Waals surface area contributed by atoms with Crippen molar-refractivity contribution >= 4 is 5.97 Å². The van der Waals surface area contributed by atoms with Gasteiger partial charge in [-0.05, 0) is 16.5 Å². The Kier molecular flexibility index (Phi) is 2.31. The van der Waals surface area contributed by atoms with Gasteiger partial charge in [0, 0.05) is 6.07 Å². The minimum absolute atomic E-state index is 0.233. The van der Waals surface area contributed by atoms with E-state index in [0.717, 1.165) is 17.1 Å². The van der Waals surface area contributed by atoms with Crippen LogP contribution in [0.25, 0.3) is 5.69 Å². The fraction of sp³-hybridized carbons (Fsp3) is 0. The first kappa shape index (κ1) is 10.1. The average molecular weight is 226 g/mol. The largest absolute Gasteiger partial charge is 0.478 e. The van der Waals surface area contributed by atoms with Crippen LogP contribution < -0.4 is 0 Å². The minimum Gasteiger partial charge on any atom is -0.478 e. The molecule has 0 aliphatic heterocycles. The van der Waals surface area contributed by atoms with Gasteiger partial charge >= 0.3 is 5.97 Å². The molecule has 0 saturated carbocycles. The second kappa shape index (κ2) is 3.65. The van der Waals surface area contributed by atoms with E-state index in [1.165, 1.54) is 0 Å². The zero-order chi connectivity index (χ0) is 11.7.